The minimum Gasteiger partial charge on any atom is -0.742 e. The first-order valence-corrected chi connectivity index (χ1v) is 3.69. The zero-order chi connectivity index (χ0) is 8.81. The van der Waals surface area contributed by atoms with Gasteiger partial charge in [0.05, 0.1) is 0 Å². The normalized spacial score (nSPS) is 9.62. The molecule has 0 bridgehead atoms. The van der Waals surface area contributed by atoms with Gasteiger partial charge in [-0.3, -0.25) is 0 Å². The summed E-state index contributed by atoms with van der Waals surface area (Å²) >= 11 is 4.73. The fourth-order valence-corrected chi connectivity index (χ4v) is 0.877. The van der Waals surface area contributed by atoms with E-state index in [1.54, 1.807) is 6.19 Å². The first kappa shape index (κ1) is 12.4. The van der Waals surface area contributed by atoms with Gasteiger partial charge in [0.15, 0.2) is 0 Å². The van der Waals surface area contributed by atoms with E-state index in [9.17, 15) is 0 Å². The van der Waals surface area contributed by atoms with Crippen molar-refractivity contribution in [1.29, 1.82) is 5.26 Å². The Bertz CT molecular complexity index is 318. The van der Waals surface area contributed by atoms with Gasteiger partial charge in [-0.25, -0.2) is 0 Å². The Hall–Kier alpha value is -0.600. The van der Waals surface area contributed by atoms with Crippen LogP contribution in [0.5, 0.6) is 0 Å². The second-order valence-corrected chi connectivity index (χ2v) is 2.39. The maximum Gasteiger partial charge on any atom is 1.00 e. The quantitative estimate of drug-likeness (QED) is 0.197. The molecule has 0 saturated heterocycles. The third kappa shape index (κ3) is 4.86. The van der Waals surface area contributed by atoms with Crippen molar-refractivity contribution in [3.8, 4) is 6.19 Å². The van der Waals surface area contributed by atoms with Crippen molar-refractivity contribution in [3.63, 3.8) is 0 Å². The molecule has 13 heavy (non-hydrogen) atoms. The Labute approximate surface area is 105 Å². The van der Waals surface area contributed by atoms with Crippen LogP contribution in [0.4, 0.5) is 5.69 Å². The van der Waals surface area contributed by atoms with Gasteiger partial charge in [-0.2, -0.15) is 10.3 Å². The second-order valence-electron chi connectivity index (χ2n) is 2.01. The third-order valence-electron chi connectivity index (χ3n) is 1.18. The summed E-state index contributed by atoms with van der Waals surface area (Å²) < 4.78 is 0. The number of benzene rings is 1. The van der Waals surface area contributed by atoms with E-state index in [-0.39, 0.29) is 34.7 Å². The monoisotopic (exact) mass is 199 g/mol. The van der Waals surface area contributed by atoms with E-state index in [4.69, 9.17) is 17.9 Å². The van der Waals surface area contributed by atoms with E-state index < -0.39 is 0 Å². The minimum atomic E-state index is 0. The molecular formula is C8H6N3NaS. The zero-order valence-corrected chi connectivity index (χ0v) is 10.0. The van der Waals surface area contributed by atoms with Crippen LogP contribution in [0.25, 0.3) is 0 Å². The molecule has 60 valence electrons. The standard InChI is InChI=1S/C8H7N3S.Na/c9-6-10-8(12)11-7-4-2-1-3-5-7;/h1-5H,(H2,10,11,12);/q;+1/p-1. The van der Waals surface area contributed by atoms with Gasteiger partial charge < -0.3 is 17.9 Å². The van der Waals surface area contributed by atoms with Crippen molar-refractivity contribution in [1.82, 2.24) is 0 Å². The number of nitrogens with one attached hydrogen (secondary N) is 1. The van der Waals surface area contributed by atoms with Crippen molar-refractivity contribution in [2.45, 2.75) is 0 Å². The molecule has 3 nitrogen and oxygen atoms in total. The second kappa shape index (κ2) is 6.87. The molecule has 1 rings (SSSR count). The Morgan fingerprint density at radius 2 is 2.00 bits per heavy atom. The van der Waals surface area contributed by atoms with Crippen LogP contribution >= 0.6 is 0 Å². The number of hydrogen-bond acceptors (Lipinski definition) is 3. The predicted octanol–water partition coefficient (Wildman–Crippen LogP) is -1.51. The van der Waals surface area contributed by atoms with Gasteiger partial charge in [0.2, 0.25) is 6.19 Å². The summed E-state index contributed by atoms with van der Waals surface area (Å²) in [4.78, 5) is 3.35. The van der Waals surface area contributed by atoms with Gasteiger partial charge in [-0.15, -0.1) is 0 Å². The fourth-order valence-electron chi connectivity index (χ4n) is 0.718. The molecule has 0 aliphatic heterocycles. The molecule has 1 aromatic rings. The predicted molar refractivity (Wildman–Crippen MR) is 50.5 cm³/mol. The van der Waals surface area contributed by atoms with Crippen molar-refractivity contribution in [3.05, 3.63) is 30.3 Å². The van der Waals surface area contributed by atoms with E-state index >= 15 is 0 Å². The number of anilines is 1. The van der Waals surface area contributed by atoms with Crippen LogP contribution in [-0.2, 0) is 12.6 Å². The van der Waals surface area contributed by atoms with Crippen LogP contribution in [0, 0.1) is 11.5 Å². The number of hydrogen-bond donors (Lipinski definition) is 1. The van der Waals surface area contributed by atoms with Crippen molar-refractivity contribution in [2.75, 3.05) is 5.32 Å². The smallest absolute Gasteiger partial charge is 0.742 e. The van der Waals surface area contributed by atoms with Crippen LogP contribution in [0.1, 0.15) is 0 Å². The summed E-state index contributed by atoms with van der Waals surface area (Å²) in [6.07, 6.45) is 1.61. The molecule has 0 unspecified atom stereocenters. The van der Waals surface area contributed by atoms with Crippen LogP contribution in [0.3, 0.4) is 0 Å². The zero-order valence-electron chi connectivity index (χ0n) is 7.19. The SMILES string of the molecule is N#C/N=C(\[S-])Nc1ccccc1.[Na+]. The molecule has 0 fully saturated rings. The van der Waals surface area contributed by atoms with E-state index in [2.05, 4.69) is 10.3 Å². The van der Waals surface area contributed by atoms with Crippen molar-refractivity contribution in [2.24, 2.45) is 4.99 Å². The minimum absolute atomic E-state index is 0. The Morgan fingerprint density at radius 1 is 1.38 bits per heavy atom. The summed E-state index contributed by atoms with van der Waals surface area (Å²) in [5.41, 5.74) is 0.835. The summed E-state index contributed by atoms with van der Waals surface area (Å²) in [5, 5.41) is 11.1. The molecule has 0 saturated carbocycles. The molecular weight excluding hydrogens is 193 g/mol. The topological polar surface area (TPSA) is 48.2 Å². The fraction of sp³-hybridized carbons (Fsp3) is 0. The van der Waals surface area contributed by atoms with E-state index in [1.165, 1.54) is 0 Å². The summed E-state index contributed by atoms with van der Waals surface area (Å²) in [5.74, 6) is 0. The Balaban J connectivity index is 0.00000144. The van der Waals surface area contributed by atoms with Gasteiger partial charge in [0.1, 0.15) is 0 Å². The van der Waals surface area contributed by atoms with Crippen LogP contribution in [-0.4, -0.2) is 5.17 Å². The molecule has 1 aromatic carbocycles. The summed E-state index contributed by atoms with van der Waals surface area (Å²) in [6, 6.07) is 9.34. The Kier molecular flexibility index (Phi) is 6.55. The molecule has 1 N–H and O–H groups in total. The van der Waals surface area contributed by atoms with Crippen LogP contribution in [0.2, 0.25) is 0 Å². The number of aliphatic imine (C=N–C) groups is 1. The molecule has 0 aliphatic rings. The number of nitrogens with zero attached hydrogens (tertiary/aromatic N) is 2. The molecule has 0 amide bonds. The van der Waals surface area contributed by atoms with E-state index in [0.717, 1.165) is 5.69 Å². The van der Waals surface area contributed by atoms with E-state index in [0.29, 0.717) is 0 Å². The van der Waals surface area contributed by atoms with Crippen LogP contribution in [0.15, 0.2) is 35.3 Å². The first-order chi connectivity index (χ1) is 5.83. The maximum atomic E-state index is 8.17. The van der Waals surface area contributed by atoms with Gasteiger partial charge in [-0.05, 0) is 17.3 Å². The largest absolute Gasteiger partial charge is 1.00 e. The molecule has 0 heterocycles. The number of rotatable bonds is 1. The van der Waals surface area contributed by atoms with Gasteiger partial charge >= 0.3 is 29.6 Å². The molecule has 0 aromatic heterocycles. The third-order valence-corrected chi connectivity index (χ3v) is 1.37. The maximum absolute atomic E-state index is 8.17. The molecule has 0 atom stereocenters. The average molecular weight is 199 g/mol. The Morgan fingerprint density at radius 3 is 2.54 bits per heavy atom. The molecule has 0 spiro atoms. The summed E-state index contributed by atoms with van der Waals surface area (Å²) in [6.45, 7) is 0. The molecule has 5 heteroatoms. The number of nitriles is 1. The van der Waals surface area contributed by atoms with Crippen molar-refractivity contribution < 1.29 is 29.6 Å². The number of para-hydroxylation sites is 1. The summed E-state index contributed by atoms with van der Waals surface area (Å²) in [7, 11) is 0. The van der Waals surface area contributed by atoms with Crippen molar-refractivity contribution >= 4 is 23.5 Å². The van der Waals surface area contributed by atoms with Crippen LogP contribution < -0.4 is 34.9 Å². The van der Waals surface area contributed by atoms with E-state index in [1.807, 2.05) is 30.3 Å². The van der Waals surface area contributed by atoms with Gasteiger partial charge in [-0.1, -0.05) is 18.2 Å². The van der Waals surface area contributed by atoms with Gasteiger partial charge in [0.25, 0.3) is 0 Å². The average Bonchev–Trinajstić information content (AvgIpc) is 2.06. The first-order valence-electron chi connectivity index (χ1n) is 3.29. The molecule has 0 radical (unpaired) electrons. The number of amidine groups is 1. The van der Waals surface area contributed by atoms with Gasteiger partial charge in [0, 0.05) is 5.69 Å². The molecule has 0 aliphatic carbocycles.